The molecule has 2 rings (SSSR count). The minimum absolute atomic E-state index is 0.125. The molecule has 0 saturated heterocycles. The van der Waals surface area contributed by atoms with Crippen molar-refractivity contribution < 1.29 is 18.1 Å². The van der Waals surface area contributed by atoms with Gasteiger partial charge in [0.15, 0.2) is 0 Å². The highest BCUT2D eigenvalue weighted by Gasteiger charge is 2.35. The number of halogens is 3. The molecule has 1 aromatic rings. The number of nitro benzene ring substituents is 1. The van der Waals surface area contributed by atoms with E-state index in [1.165, 1.54) is 0 Å². The third kappa shape index (κ3) is 4.59. The Kier molecular flexibility index (Phi) is 4.66. The lowest BCUT2D eigenvalue weighted by Crippen LogP contribution is -2.20. The number of alkyl halides is 3. The van der Waals surface area contributed by atoms with Gasteiger partial charge in [0, 0.05) is 30.4 Å². The molecular weight excluding hydrogens is 287 g/mol. The van der Waals surface area contributed by atoms with Gasteiger partial charge in [-0.1, -0.05) is 0 Å². The van der Waals surface area contributed by atoms with E-state index in [0.717, 1.165) is 31.5 Å². The van der Waals surface area contributed by atoms with Crippen molar-refractivity contribution in [3.8, 4) is 0 Å². The van der Waals surface area contributed by atoms with Crippen molar-refractivity contribution in [2.75, 3.05) is 18.4 Å². The Morgan fingerprint density at radius 2 is 2.00 bits per heavy atom. The Balaban J connectivity index is 1.97. The van der Waals surface area contributed by atoms with Crippen LogP contribution in [0.15, 0.2) is 18.2 Å². The largest absolute Gasteiger partial charge is 0.418 e. The van der Waals surface area contributed by atoms with E-state index in [-0.39, 0.29) is 5.69 Å². The van der Waals surface area contributed by atoms with Crippen LogP contribution in [0, 0.1) is 10.1 Å². The van der Waals surface area contributed by atoms with Gasteiger partial charge in [-0.2, -0.15) is 13.2 Å². The van der Waals surface area contributed by atoms with E-state index in [9.17, 15) is 23.3 Å². The van der Waals surface area contributed by atoms with Gasteiger partial charge in [0.2, 0.25) is 0 Å². The van der Waals surface area contributed by atoms with Gasteiger partial charge >= 0.3 is 6.18 Å². The van der Waals surface area contributed by atoms with Crippen LogP contribution in [-0.2, 0) is 6.18 Å². The molecular formula is C13H16F3N3O2. The summed E-state index contributed by atoms with van der Waals surface area (Å²) in [6, 6.07) is 3.30. The van der Waals surface area contributed by atoms with E-state index in [1.807, 2.05) is 0 Å². The second kappa shape index (κ2) is 6.30. The van der Waals surface area contributed by atoms with E-state index < -0.39 is 22.4 Å². The predicted octanol–water partition coefficient (Wildman–Crippen LogP) is 3.17. The summed E-state index contributed by atoms with van der Waals surface area (Å²) >= 11 is 0. The summed E-state index contributed by atoms with van der Waals surface area (Å²) in [6.07, 6.45) is -1.62. The zero-order valence-corrected chi connectivity index (χ0v) is 11.2. The molecule has 1 aromatic carbocycles. The van der Waals surface area contributed by atoms with Gasteiger partial charge < -0.3 is 10.6 Å². The first-order chi connectivity index (χ1) is 9.88. The second-order valence-corrected chi connectivity index (χ2v) is 4.99. The Labute approximate surface area is 119 Å². The maximum Gasteiger partial charge on any atom is 0.418 e. The Hall–Kier alpha value is -1.83. The molecule has 1 saturated carbocycles. The Morgan fingerprint density at radius 1 is 1.29 bits per heavy atom. The lowest BCUT2D eigenvalue weighted by molar-refractivity contribution is -0.385. The SMILES string of the molecule is O=[N+]([O-])c1ccc(NCCCNC2CC2)c(C(F)(F)F)c1. The van der Waals surface area contributed by atoms with Gasteiger partial charge in [-0.05, 0) is 31.9 Å². The smallest absolute Gasteiger partial charge is 0.384 e. The van der Waals surface area contributed by atoms with Crippen LogP contribution in [0.3, 0.4) is 0 Å². The van der Waals surface area contributed by atoms with Crippen LogP contribution in [0.5, 0.6) is 0 Å². The number of nitrogens with one attached hydrogen (secondary N) is 2. The fourth-order valence-corrected chi connectivity index (χ4v) is 1.94. The van der Waals surface area contributed by atoms with Gasteiger partial charge in [0.25, 0.3) is 5.69 Å². The van der Waals surface area contributed by atoms with Crippen molar-refractivity contribution in [3.63, 3.8) is 0 Å². The van der Waals surface area contributed by atoms with Crippen LogP contribution in [0.4, 0.5) is 24.5 Å². The van der Waals surface area contributed by atoms with Crippen molar-refractivity contribution in [2.45, 2.75) is 31.5 Å². The molecule has 1 aliphatic carbocycles. The molecule has 21 heavy (non-hydrogen) atoms. The molecule has 0 radical (unpaired) electrons. The molecule has 2 N–H and O–H groups in total. The lowest BCUT2D eigenvalue weighted by Gasteiger charge is -2.14. The van der Waals surface area contributed by atoms with Crippen LogP contribution < -0.4 is 10.6 Å². The van der Waals surface area contributed by atoms with Gasteiger partial charge in [0.1, 0.15) is 0 Å². The minimum Gasteiger partial charge on any atom is -0.384 e. The van der Waals surface area contributed by atoms with Crippen molar-refractivity contribution in [3.05, 3.63) is 33.9 Å². The standard InChI is InChI=1S/C13H16F3N3O2/c14-13(15,16)11-8-10(19(20)21)4-5-12(11)18-7-1-6-17-9-2-3-9/h4-5,8-9,17-18H,1-3,6-7H2. The lowest BCUT2D eigenvalue weighted by atomic mass is 10.1. The quantitative estimate of drug-likeness (QED) is 0.461. The summed E-state index contributed by atoms with van der Waals surface area (Å²) in [7, 11) is 0. The van der Waals surface area contributed by atoms with Crippen LogP contribution in [-0.4, -0.2) is 24.1 Å². The Morgan fingerprint density at radius 3 is 2.57 bits per heavy atom. The minimum atomic E-state index is -4.62. The molecule has 0 bridgehead atoms. The molecule has 5 nitrogen and oxygen atoms in total. The van der Waals surface area contributed by atoms with Crippen molar-refractivity contribution >= 4 is 11.4 Å². The van der Waals surface area contributed by atoms with Gasteiger partial charge in [-0.25, -0.2) is 0 Å². The van der Waals surface area contributed by atoms with E-state index in [4.69, 9.17) is 0 Å². The van der Waals surface area contributed by atoms with Gasteiger partial charge in [0.05, 0.1) is 10.5 Å². The summed E-state index contributed by atoms with van der Waals surface area (Å²) < 4.78 is 38.7. The molecule has 0 atom stereocenters. The first-order valence-electron chi connectivity index (χ1n) is 6.71. The highest BCUT2D eigenvalue weighted by atomic mass is 19.4. The molecule has 1 fully saturated rings. The monoisotopic (exact) mass is 303 g/mol. The molecule has 0 aliphatic heterocycles. The summed E-state index contributed by atoms with van der Waals surface area (Å²) in [5.74, 6) is 0. The molecule has 0 amide bonds. The number of anilines is 1. The molecule has 0 unspecified atom stereocenters. The molecule has 116 valence electrons. The summed E-state index contributed by atoms with van der Waals surface area (Å²) in [5, 5.41) is 16.5. The van der Waals surface area contributed by atoms with Crippen molar-refractivity contribution in [2.24, 2.45) is 0 Å². The predicted molar refractivity (Wildman–Crippen MR) is 72.2 cm³/mol. The number of benzene rings is 1. The van der Waals surface area contributed by atoms with E-state index in [1.54, 1.807) is 0 Å². The van der Waals surface area contributed by atoms with Crippen molar-refractivity contribution in [1.82, 2.24) is 5.32 Å². The highest BCUT2D eigenvalue weighted by molar-refractivity contribution is 5.57. The van der Waals surface area contributed by atoms with Crippen LogP contribution in [0.1, 0.15) is 24.8 Å². The van der Waals surface area contributed by atoms with Gasteiger partial charge in [-0.3, -0.25) is 10.1 Å². The molecule has 0 heterocycles. The zero-order chi connectivity index (χ0) is 15.5. The third-order valence-electron chi connectivity index (χ3n) is 3.20. The maximum absolute atomic E-state index is 12.9. The second-order valence-electron chi connectivity index (χ2n) is 4.99. The average molecular weight is 303 g/mol. The topological polar surface area (TPSA) is 67.2 Å². The van der Waals surface area contributed by atoms with E-state index >= 15 is 0 Å². The molecule has 0 aromatic heterocycles. The number of nitrogens with zero attached hydrogens (tertiary/aromatic N) is 1. The zero-order valence-electron chi connectivity index (χ0n) is 11.2. The highest BCUT2D eigenvalue weighted by Crippen LogP contribution is 2.37. The van der Waals surface area contributed by atoms with E-state index in [2.05, 4.69) is 10.6 Å². The summed E-state index contributed by atoms with van der Waals surface area (Å²) in [6.45, 7) is 1.12. The fourth-order valence-electron chi connectivity index (χ4n) is 1.94. The number of nitro groups is 1. The number of rotatable bonds is 7. The first kappa shape index (κ1) is 15.6. The summed E-state index contributed by atoms with van der Waals surface area (Å²) in [5.41, 5.74) is -1.70. The molecule has 1 aliphatic rings. The first-order valence-corrected chi connectivity index (χ1v) is 6.71. The number of non-ortho nitro benzene ring substituents is 1. The Bertz CT molecular complexity index is 516. The summed E-state index contributed by atoms with van der Waals surface area (Å²) in [4.78, 5) is 9.74. The fraction of sp³-hybridized carbons (Fsp3) is 0.538. The van der Waals surface area contributed by atoms with Crippen molar-refractivity contribution in [1.29, 1.82) is 0 Å². The normalized spacial score (nSPS) is 15.0. The van der Waals surface area contributed by atoms with E-state index in [0.29, 0.717) is 25.1 Å². The van der Waals surface area contributed by atoms with Crippen LogP contribution in [0.25, 0.3) is 0 Å². The third-order valence-corrected chi connectivity index (χ3v) is 3.20. The number of hydrogen-bond donors (Lipinski definition) is 2. The van der Waals surface area contributed by atoms with Crippen LogP contribution in [0.2, 0.25) is 0 Å². The average Bonchev–Trinajstić information content (AvgIpc) is 3.21. The number of hydrogen-bond acceptors (Lipinski definition) is 4. The van der Waals surface area contributed by atoms with Gasteiger partial charge in [-0.15, -0.1) is 0 Å². The molecule has 8 heteroatoms. The maximum atomic E-state index is 12.9. The van der Waals surface area contributed by atoms with Crippen LogP contribution >= 0.6 is 0 Å². The molecule has 0 spiro atoms.